The van der Waals surface area contributed by atoms with Gasteiger partial charge >= 0.3 is 0 Å². The predicted octanol–water partition coefficient (Wildman–Crippen LogP) is 3.00. The normalized spacial score (nSPS) is 12.6. The Labute approximate surface area is 107 Å². The van der Waals surface area contributed by atoms with Gasteiger partial charge in [-0.25, -0.2) is 0 Å². The molecule has 1 aliphatic carbocycles. The predicted molar refractivity (Wildman–Crippen MR) is 69.8 cm³/mol. The van der Waals surface area contributed by atoms with Crippen LogP contribution >= 0.6 is 0 Å². The molecule has 0 saturated heterocycles. The first-order valence-corrected chi connectivity index (χ1v) is 5.97. The Balaban J connectivity index is 0.000000232. The standard InChI is InChI=1S/C10H6O2.C5H10O/c11-9-5-6-10(12)8-4-2-1-3-7(8)9;1-3-5(6)4-2/h1-6H;3-4H2,1-2H3. The van der Waals surface area contributed by atoms with Crippen LogP contribution < -0.4 is 0 Å². The van der Waals surface area contributed by atoms with Crippen LogP contribution in [-0.2, 0) is 4.79 Å². The van der Waals surface area contributed by atoms with Gasteiger partial charge in [0.05, 0.1) is 0 Å². The van der Waals surface area contributed by atoms with Crippen LogP contribution in [0.3, 0.4) is 0 Å². The highest BCUT2D eigenvalue weighted by molar-refractivity contribution is 6.21. The SMILES string of the molecule is CCC(=O)CC.O=C1C=CC(=O)c2ccccc21. The maximum Gasteiger partial charge on any atom is 0.186 e. The van der Waals surface area contributed by atoms with Crippen LogP contribution in [0.4, 0.5) is 0 Å². The number of hydrogen-bond acceptors (Lipinski definition) is 3. The number of Topliss-reactive ketones (excluding diaryl/α,β-unsaturated/α-hetero) is 1. The zero-order valence-electron chi connectivity index (χ0n) is 10.6. The lowest BCUT2D eigenvalue weighted by atomic mass is 9.95. The van der Waals surface area contributed by atoms with E-state index < -0.39 is 0 Å². The summed E-state index contributed by atoms with van der Waals surface area (Å²) in [6, 6.07) is 6.84. The molecule has 0 radical (unpaired) electrons. The molecule has 0 aromatic heterocycles. The summed E-state index contributed by atoms with van der Waals surface area (Å²) in [6.07, 6.45) is 4.00. The molecule has 2 rings (SSSR count). The number of benzene rings is 1. The molecule has 0 spiro atoms. The van der Waals surface area contributed by atoms with E-state index in [1.54, 1.807) is 24.3 Å². The van der Waals surface area contributed by atoms with Gasteiger partial charge in [-0.05, 0) is 12.2 Å². The van der Waals surface area contributed by atoms with Gasteiger partial charge in [-0.1, -0.05) is 38.1 Å². The Morgan fingerprint density at radius 1 is 0.889 bits per heavy atom. The van der Waals surface area contributed by atoms with Crippen LogP contribution in [0.15, 0.2) is 36.4 Å². The number of ketones is 3. The number of fused-ring (bicyclic) bond motifs is 1. The Kier molecular flexibility index (Phi) is 5.18. The van der Waals surface area contributed by atoms with E-state index >= 15 is 0 Å². The topological polar surface area (TPSA) is 51.2 Å². The molecule has 3 heteroatoms. The molecule has 1 aromatic rings. The van der Waals surface area contributed by atoms with Crippen molar-refractivity contribution < 1.29 is 14.4 Å². The molecule has 1 aliphatic rings. The van der Waals surface area contributed by atoms with Gasteiger partial charge in [0.1, 0.15) is 5.78 Å². The second-order valence-corrected chi connectivity index (χ2v) is 3.85. The average molecular weight is 244 g/mol. The summed E-state index contributed by atoms with van der Waals surface area (Å²) in [4.78, 5) is 32.6. The van der Waals surface area contributed by atoms with Crippen molar-refractivity contribution in [1.29, 1.82) is 0 Å². The van der Waals surface area contributed by atoms with Crippen LogP contribution in [0.25, 0.3) is 0 Å². The van der Waals surface area contributed by atoms with E-state index in [0.29, 0.717) is 29.8 Å². The third-order valence-corrected chi connectivity index (χ3v) is 2.63. The molecule has 0 bridgehead atoms. The van der Waals surface area contributed by atoms with Crippen molar-refractivity contribution in [3.8, 4) is 0 Å². The molecule has 0 fully saturated rings. The minimum Gasteiger partial charge on any atom is -0.300 e. The van der Waals surface area contributed by atoms with Crippen molar-refractivity contribution in [2.45, 2.75) is 26.7 Å². The summed E-state index contributed by atoms with van der Waals surface area (Å²) in [6.45, 7) is 3.76. The van der Waals surface area contributed by atoms with Crippen LogP contribution in [0.1, 0.15) is 47.4 Å². The molecule has 0 amide bonds. The van der Waals surface area contributed by atoms with E-state index in [4.69, 9.17) is 0 Å². The van der Waals surface area contributed by atoms with Crippen LogP contribution in [0, 0.1) is 0 Å². The minimum absolute atomic E-state index is 0.0924. The minimum atomic E-state index is -0.0924. The van der Waals surface area contributed by atoms with E-state index in [9.17, 15) is 14.4 Å². The van der Waals surface area contributed by atoms with Gasteiger partial charge in [0, 0.05) is 24.0 Å². The Hall–Kier alpha value is -2.03. The van der Waals surface area contributed by atoms with Crippen molar-refractivity contribution in [2.24, 2.45) is 0 Å². The first-order valence-electron chi connectivity index (χ1n) is 5.97. The van der Waals surface area contributed by atoms with E-state index in [1.165, 1.54) is 12.2 Å². The van der Waals surface area contributed by atoms with Gasteiger partial charge in [0.15, 0.2) is 11.6 Å². The third kappa shape index (κ3) is 3.48. The lowest BCUT2D eigenvalue weighted by Gasteiger charge is -2.06. The van der Waals surface area contributed by atoms with Crippen molar-refractivity contribution in [2.75, 3.05) is 0 Å². The molecule has 0 unspecified atom stereocenters. The number of allylic oxidation sites excluding steroid dienone is 2. The monoisotopic (exact) mass is 244 g/mol. The van der Waals surface area contributed by atoms with Gasteiger partial charge in [-0.2, -0.15) is 0 Å². The fourth-order valence-electron chi connectivity index (χ4n) is 1.49. The highest BCUT2D eigenvalue weighted by atomic mass is 16.1. The van der Waals surface area contributed by atoms with E-state index in [2.05, 4.69) is 0 Å². The Morgan fingerprint density at radius 2 is 1.28 bits per heavy atom. The lowest BCUT2D eigenvalue weighted by molar-refractivity contribution is -0.118. The fraction of sp³-hybridized carbons (Fsp3) is 0.267. The number of rotatable bonds is 2. The molecule has 18 heavy (non-hydrogen) atoms. The second kappa shape index (κ2) is 6.64. The molecular formula is C15H16O3. The zero-order chi connectivity index (χ0) is 13.5. The Bertz CT molecular complexity index is 455. The number of carbonyl (C=O) groups excluding carboxylic acids is 3. The molecule has 0 heterocycles. The smallest absolute Gasteiger partial charge is 0.186 e. The molecule has 94 valence electrons. The van der Waals surface area contributed by atoms with Crippen molar-refractivity contribution in [1.82, 2.24) is 0 Å². The molecule has 3 nitrogen and oxygen atoms in total. The van der Waals surface area contributed by atoms with Crippen molar-refractivity contribution in [3.05, 3.63) is 47.5 Å². The number of carbonyl (C=O) groups is 3. The highest BCUT2D eigenvalue weighted by Gasteiger charge is 2.16. The van der Waals surface area contributed by atoms with Crippen molar-refractivity contribution >= 4 is 17.3 Å². The lowest BCUT2D eigenvalue weighted by Crippen LogP contribution is -2.10. The van der Waals surface area contributed by atoms with E-state index in [1.807, 2.05) is 13.8 Å². The summed E-state index contributed by atoms with van der Waals surface area (Å²) in [5.41, 5.74) is 1.01. The van der Waals surface area contributed by atoms with Crippen molar-refractivity contribution in [3.63, 3.8) is 0 Å². The number of hydrogen-bond donors (Lipinski definition) is 0. The molecular weight excluding hydrogens is 228 g/mol. The van der Waals surface area contributed by atoms with E-state index in [-0.39, 0.29) is 11.6 Å². The largest absolute Gasteiger partial charge is 0.300 e. The maximum absolute atomic E-state index is 11.2. The van der Waals surface area contributed by atoms with Gasteiger partial charge < -0.3 is 0 Å². The van der Waals surface area contributed by atoms with Gasteiger partial charge in [0.2, 0.25) is 0 Å². The van der Waals surface area contributed by atoms with Gasteiger partial charge in [-0.15, -0.1) is 0 Å². The highest BCUT2D eigenvalue weighted by Crippen LogP contribution is 2.15. The first kappa shape index (κ1) is 14.0. The zero-order valence-corrected chi connectivity index (χ0v) is 10.6. The molecule has 0 N–H and O–H groups in total. The van der Waals surface area contributed by atoms with Gasteiger partial charge in [-0.3, -0.25) is 14.4 Å². The molecule has 0 saturated carbocycles. The maximum atomic E-state index is 11.2. The summed E-state index contributed by atoms with van der Waals surface area (Å²) in [5.74, 6) is 0.158. The van der Waals surface area contributed by atoms with Gasteiger partial charge in [0.25, 0.3) is 0 Å². The summed E-state index contributed by atoms with van der Waals surface area (Å²) in [7, 11) is 0. The van der Waals surface area contributed by atoms with E-state index in [0.717, 1.165) is 0 Å². The average Bonchev–Trinajstić information content (AvgIpc) is 2.43. The molecule has 0 atom stereocenters. The van der Waals surface area contributed by atoms with Crippen LogP contribution in [0.5, 0.6) is 0 Å². The molecule has 0 aliphatic heterocycles. The third-order valence-electron chi connectivity index (χ3n) is 2.63. The van der Waals surface area contributed by atoms with Crippen LogP contribution in [0.2, 0.25) is 0 Å². The fourth-order valence-corrected chi connectivity index (χ4v) is 1.49. The summed E-state index contributed by atoms with van der Waals surface area (Å²) < 4.78 is 0. The quantitative estimate of drug-likeness (QED) is 0.803. The first-order chi connectivity index (χ1) is 8.60. The molecule has 1 aromatic carbocycles. The van der Waals surface area contributed by atoms with Crippen LogP contribution in [-0.4, -0.2) is 17.3 Å². The summed E-state index contributed by atoms with van der Waals surface area (Å²) >= 11 is 0. The summed E-state index contributed by atoms with van der Waals surface area (Å²) in [5, 5.41) is 0. The Morgan fingerprint density at radius 3 is 1.56 bits per heavy atom. The second-order valence-electron chi connectivity index (χ2n) is 3.85.